The van der Waals surface area contributed by atoms with E-state index < -0.39 is 0 Å². The Morgan fingerprint density at radius 2 is 1.93 bits per heavy atom. The van der Waals surface area contributed by atoms with E-state index in [1.807, 2.05) is 17.0 Å². The first-order valence-electron chi connectivity index (χ1n) is 9.98. The van der Waals surface area contributed by atoms with Crippen molar-refractivity contribution in [2.24, 2.45) is 0 Å². The molecule has 5 nitrogen and oxygen atoms in total. The summed E-state index contributed by atoms with van der Waals surface area (Å²) in [5.41, 5.74) is 3.22. The molecule has 1 aliphatic rings. The highest BCUT2D eigenvalue weighted by atomic mass is 16.2. The van der Waals surface area contributed by atoms with E-state index in [4.69, 9.17) is 0 Å². The molecule has 0 radical (unpaired) electrons. The van der Waals surface area contributed by atoms with Gasteiger partial charge in [-0.05, 0) is 43.2 Å². The van der Waals surface area contributed by atoms with Gasteiger partial charge < -0.3 is 15.1 Å². The van der Waals surface area contributed by atoms with Gasteiger partial charge in [0.2, 0.25) is 0 Å². The Balaban J connectivity index is 1.56. The van der Waals surface area contributed by atoms with E-state index in [0.29, 0.717) is 5.56 Å². The van der Waals surface area contributed by atoms with Gasteiger partial charge in [-0.3, -0.25) is 4.79 Å². The van der Waals surface area contributed by atoms with Crippen LogP contribution in [0.3, 0.4) is 0 Å². The minimum Gasteiger partial charge on any atom is -0.370 e. The lowest BCUT2D eigenvalue weighted by molar-refractivity contribution is 0.0746. The lowest BCUT2D eigenvalue weighted by atomic mass is 10.1. The molecule has 0 unspecified atom stereocenters. The first kappa shape index (κ1) is 19.2. The van der Waals surface area contributed by atoms with Gasteiger partial charge in [0.15, 0.2) is 0 Å². The molecular weight excluding hydrogens is 336 g/mol. The van der Waals surface area contributed by atoms with Crippen molar-refractivity contribution in [3.8, 4) is 0 Å². The Bertz CT molecular complexity index is 753. The van der Waals surface area contributed by atoms with Crippen LogP contribution in [-0.4, -0.2) is 48.5 Å². The predicted molar refractivity (Wildman–Crippen MR) is 112 cm³/mol. The van der Waals surface area contributed by atoms with Crippen LogP contribution in [0.15, 0.2) is 42.6 Å². The van der Waals surface area contributed by atoms with Crippen molar-refractivity contribution in [3.63, 3.8) is 0 Å². The molecule has 3 rings (SSSR count). The van der Waals surface area contributed by atoms with Gasteiger partial charge in [-0.1, -0.05) is 31.9 Å². The van der Waals surface area contributed by atoms with Gasteiger partial charge in [-0.2, -0.15) is 0 Å². The van der Waals surface area contributed by atoms with Gasteiger partial charge in [0.25, 0.3) is 5.91 Å². The van der Waals surface area contributed by atoms with Gasteiger partial charge in [-0.15, -0.1) is 0 Å². The second-order valence-electron chi connectivity index (χ2n) is 7.18. The molecule has 0 bridgehead atoms. The lowest BCUT2D eigenvalue weighted by Crippen LogP contribution is -2.48. The predicted octanol–water partition coefficient (Wildman–Crippen LogP) is 3.95. The monoisotopic (exact) mass is 366 g/mol. The minimum atomic E-state index is 0.0953. The van der Waals surface area contributed by atoms with Gasteiger partial charge in [-0.25, -0.2) is 4.98 Å². The van der Waals surface area contributed by atoms with Crippen molar-refractivity contribution in [1.82, 2.24) is 9.88 Å². The van der Waals surface area contributed by atoms with Crippen molar-refractivity contribution in [2.75, 3.05) is 42.9 Å². The first-order chi connectivity index (χ1) is 13.2. The molecule has 0 atom stereocenters. The molecule has 27 heavy (non-hydrogen) atoms. The summed E-state index contributed by atoms with van der Waals surface area (Å²) < 4.78 is 0. The summed E-state index contributed by atoms with van der Waals surface area (Å²) in [6.45, 7) is 8.41. The summed E-state index contributed by atoms with van der Waals surface area (Å²) in [5, 5.41) is 3.32. The maximum absolute atomic E-state index is 12.9. The normalized spacial score (nSPS) is 14.3. The summed E-state index contributed by atoms with van der Waals surface area (Å²) >= 11 is 0. The van der Waals surface area contributed by atoms with Crippen LogP contribution >= 0.6 is 0 Å². The van der Waals surface area contributed by atoms with E-state index in [-0.39, 0.29) is 5.91 Å². The maximum Gasteiger partial charge on any atom is 0.254 e. The highest BCUT2D eigenvalue weighted by Crippen LogP contribution is 2.19. The second kappa shape index (κ2) is 9.40. The zero-order chi connectivity index (χ0) is 19.1. The molecule has 1 saturated heterocycles. The van der Waals surface area contributed by atoms with Crippen LogP contribution < -0.4 is 10.2 Å². The van der Waals surface area contributed by atoms with Crippen LogP contribution in [-0.2, 0) is 0 Å². The Kier molecular flexibility index (Phi) is 6.69. The number of amides is 1. The smallest absolute Gasteiger partial charge is 0.254 e. The average Bonchev–Trinajstić information content (AvgIpc) is 2.71. The number of unbranched alkanes of at least 4 members (excludes halogenated alkanes) is 2. The van der Waals surface area contributed by atoms with Gasteiger partial charge in [0, 0.05) is 50.2 Å². The van der Waals surface area contributed by atoms with Crippen LogP contribution in [0.4, 0.5) is 11.5 Å². The van der Waals surface area contributed by atoms with Crippen LogP contribution in [0.1, 0.15) is 42.1 Å². The fourth-order valence-electron chi connectivity index (χ4n) is 3.43. The Labute approximate surface area is 162 Å². The van der Waals surface area contributed by atoms with E-state index in [9.17, 15) is 4.79 Å². The van der Waals surface area contributed by atoms with Gasteiger partial charge in [0.1, 0.15) is 5.82 Å². The lowest BCUT2D eigenvalue weighted by Gasteiger charge is -2.36. The molecule has 144 valence electrons. The first-order valence-corrected chi connectivity index (χ1v) is 9.98. The third-order valence-corrected chi connectivity index (χ3v) is 5.03. The van der Waals surface area contributed by atoms with E-state index in [0.717, 1.165) is 45.0 Å². The second-order valence-corrected chi connectivity index (χ2v) is 7.18. The molecule has 0 aliphatic carbocycles. The maximum atomic E-state index is 12.9. The number of anilines is 2. The summed E-state index contributed by atoms with van der Waals surface area (Å²) in [6, 6.07) is 12.2. The van der Waals surface area contributed by atoms with E-state index in [1.165, 1.54) is 24.1 Å². The molecular formula is C22H30N4O. The minimum absolute atomic E-state index is 0.0953. The number of nitrogens with one attached hydrogen (secondary N) is 1. The Morgan fingerprint density at radius 3 is 2.67 bits per heavy atom. The number of rotatable bonds is 7. The third-order valence-electron chi connectivity index (χ3n) is 5.03. The van der Waals surface area contributed by atoms with Gasteiger partial charge in [0.05, 0.1) is 0 Å². The van der Waals surface area contributed by atoms with Crippen LogP contribution in [0.5, 0.6) is 0 Å². The van der Waals surface area contributed by atoms with Crippen LogP contribution in [0, 0.1) is 6.92 Å². The molecule has 1 aromatic heterocycles. The fourth-order valence-corrected chi connectivity index (χ4v) is 3.43. The van der Waals surface area contributed by atoms with Crippen molar-refractivity contribution in [2.45, 2.75) is 33.1 Å². The zero-order valence-corrected chi connectivity index (χ0v) is 16.4. The van der Waals surface area contributed by atoms with Crippen LogP contribution in [0.25, 0.3) is 0 Å². The van der Waals surface area contributed by atoms with E-state index >= 15 is 0 Å². The molecule has 1 fully saturated rings. The van der Waals surface area contributed by atoms with E-state index in [1.54, 1.807) is 6.20 Å². The average molecular weight is 367 g/mol. The molecule has 0 saturated carbocycles. The highest BCUT2D eigenvalue weighted by Gasteiger charge is 2.22. The standard InChI is InChI=1S/C22H30N4O/c1-3-4-5-10-23-21-17-19(9-11-24-21)22(27)26-14-12-25(13-15-26)20-8-6-7-18(2)16-20/h6-9,11,16-17H,3-5,10,12-15H2,1-2H3,(H,23,24). The SMILES string of the molecule is CCCCCNc1cc(C(=O)N2CCN(c3cccc(C)c3)CC2)ccn1. The topological polar surface area (TPSA) is 48.5 Å². The fraction of sp³-hybridized carbons (Fsp3) is 0.455. The molecule has 2 heterocycles. The Hall–Kier alpha value is -2.56. The number of pyridine rings is 1. The quantitative estimate of drug-likeness (QED) is 0.754. The number of aryl methyl sites for hydroxylation is 1. The Morgan fingerprint density at radius 1 is 1.11 bits per heavy atom. The zero-order valence-electron chi connectivity index (χ0n) is 16.4. The molecule has 2 aromatic rings. The largest absolute Gasteiger partial charge is 0.370 e. The van der Waals surface area contributed by atoms with Crippen LogP contribution in [0.2, 0.25) is 0 Å². The summed E-state index contributed by atoms with van der Waals surface area (Å²) in [6.07, 6.45) is 5.24. The number of benzene rings is 1. The molecule has 1 N–H and O–H groups in total. The number of hydrogen-bond donors (Lipinski definition) is 1. The van der Waals surface area contributed by atoms with Crippen molar-refractivity contribution < 1.29 is 4.79 Å². The molecule has 5 heteroatoms. The highest BCUT2D eigenvalue weighted by molar-refractivity contribution is 5.95. The number of nitrogens with zero attached hydrogens (tertiary/aromatic N) is 3. The number of carbonyl (C=O) groups is 1. The number of hydrogen-bond acceptors (Lipinski definition) is 4. The van der Waals surface area contributed by atoms with Crippen molar-refractivity contribution >= 4 is 17.4 Å². The number of aromatic nitrogens is 1. The summed E-state index contributed by atoms with van der Waals surface area (Å²) in [7, 11) is 0. The number of piperazine rings is 1. The van der Waals surface area contributed by atoms with Crippen molar-refractivity contribution in [3.05, 3.63) is 53.7 Å². The number of carbonyl (C=O) groups excluding carboxylic acids is 1. The molecule has 1 aliphatic heterocycles. The third kappa shape index (κ3) is 5.22. The summed E-state index contributed by atoms with van der Waals surface area (Å²) in [4.78, 5) is 21.5. The summed E-state index contributed by atoms with van der Waals surface area (Å²) in [5.74, 6) is 0.883. The van der Waals surface area contributed by atoms with Crippen molar-refractivity contribution in [1.29, 1.82) is 0 Å². The molecule has 1 amide bonds. The van der Waals surface area contributed by atoms with E-state index in [2.05, 4.69) is 53.3 Å². The van der Waals surface area contributed by atoms with Gasteiger partial charge >= 0.3 is 0 Å². The molecule has 1 aromatic carbocycles. The molecule has 0 spiro atoms.